The van der Waals surface area contributed by atoms with E-state index in [-0.39, 0.29) is 0 Å². The second-order valence-electron chi connectivity index (χ2n) is 6.26. The minimum absolute atomic E-state index is 0.567. The fourth-order valence-electron chi connectivity index (χ4n) is 2.89. The zero-order chi connectivity index (χ0) is 18.9. The molecule has 0 radical (unpaired) electrons. The highest BCUT2D eigenvalue weighted by atomic mass is 16.5. The number of hydrogen-bond acceptors (Lipinski definition) is 4. The van der Waals surface area contributed by atoms with E-state index in [1.54, 1.807) is 7.05 Å². The van der Waals surface area contributed by atoms with Crippen LogP contribution in [0.2, 0.25) is 0 Å². The number of ether oxygens (including phenoxy) is 1. The summed E-state index contributed by atoms with van der Waals surface area (Å²) in [5, 5.41) is 10.7. The molecule has 1 aromatic carbocycles. The van der Waals surface area contributed by atoms with Crippen molar-refractivity contribution in [2.45, 2.75) is 47.1 Å². The Bertz CT molecular complexity index is 696. The molecule has 2 aromatic rings. The molecule has 0 bridgehead atoms. The van der Waals surface area contributed by atoms with Gasteiger partial charge in [-0.25, -0.2) is 0 Å². The number of aliphatic imine (C=N–C) groups is 1. The molecule has 0 aliphatic carbocycles. The molecular weight excluding hydrogens is 328 g/mol. The van der Waals surface area contributed by atoms with Crippen LogP contribution in [0, 0.1) is 13.8 Å². The molecule has 142 valence electrons. The maximum atomic E-state index is 5.82. The van der Waals surface area contributed by atoms with Gasteiger partial charge in [0, 0.05) is 25.6 Å². The first kappa shape index (κ1) is 19.8. The van der Waals surface area contributed by atoms with Crippen molar-refractivity contribution in [3.05, 3.63) is 46.3 Å². The lowest BCUT2D eigenvalue weighted by Crippen LogP contribution is -2.39. The standard InChI is InChI=1S/C20H30N4O2/c1-6-18-17(19(7-2)26-24-18)13-23-20(21-5)22-8-9-25-16-11-14(3)10-15(4)12-16/h10-12H,6-9,13H2,1-5H3,(H2,21,22,23). The summed E-state index contributed by atoms with van der Waals surface area (Å²) >= 11 is 0. The molecule has 1 aromatic heterocycles. The Morgan fingerprint density at radius 1 is 1.12 bits per heavy atom. The van der Waals surface area contributed by atoms with Crippen LogP contribution in [0.25, 0.3) is 0 Å². The summed E-state index contributed by atoms with van der Waals surface area (Å²) in [7, 11) is 1.76. The van der Waals surface area contributed by atoms with Gasteiger partial charge in [0.05, 0.1) is 12.2 Å². The van der Waals surface area contributed by atoms with Crippen LogP contribution < -0.4 is 15.4 Å². The predicted molar refractivity (Wildman–Crippen MR) is 105 cm³/mol. The van der Waals surface area contributed by atoms with Crippen LogP contribution in [-0.4, -0.2) is 31.3 Å². The monoisotopic (exact) mass is 358 g/mol. The van der Waals surface area contributed by atoms with Gasteiger partial charge in [0.25, 0.3) is 0 Å². The van der Waals surface area contributed by atoms with Crippen LogP contribution in [0.1, 0.15) is 42.0 Å². The van der Waals surface area contributed by atoms with Crippen molar-refractivity contribution < 1.29 is 9.26 Å². The molecule has 0 spiro atoms. The molecule has 0 aliphatic heterocycles. The molecular formula is C20H30N4O2. The van der Waals surface area contributed by atoms with Crippen molar-refractivity contribution in [3.8, 4) is 5.75 Å². The zero-order valence-electron chi connectivity index (χ0n) is 16.5. The van der Waals surface area contributed by atoms with Gasteiger partial charge in [-0.15, -0.1) is 0 Å². The first-order valence-electron chi connectivity index (χ1n) is 9.19. The lowest BCUT2D eigenvalue weighted by Gasteiger charge is -2.13. The normalized spacial score (nSPS) is 11.5. The first-order chi connectivity index (χ1) is 12.6. The average molecular weight is 358 g/mol. The van der Waals surface area contributed by atoms with E-state index < -0.39 is 0 Å². The van der Waals surface area contributed by atoms with Gasteiger partial charge >= 0.3 is 0 Å². The first-order valence-corrected chi connectivity index (χ1v) is 9.19. The maximum Gasteiger partial charge on any atom is 0.191 e. The molecule has 2 rings (SSSR count). The van der Waals surface area contributed by atoms with Gasteiger partial charge in [0.15, 0.2) is 5.96 Å². The third kappa shape index (κ3) is 5.51. The van der Waals surface area contributed by atoms with Crippen LogP contribution in [0.3, 0.4) is 0 Å². The largest absolute Gasteiger partial charge is 0.492 e. The molecule has 0 aliphatic rings. The highest BCUT2D eigenvalue weighted by Crippen LogP contribution is 2.16. The Morgan fingerprint density at radius 2 is 1.85 bits per heavy atom. The molecule has 0 fully saturated rings. The van der Waals surface area contributed by atoms with Crippen LogP contribution in [-0.2, 0) is 19.4 Å². The van der Waals surface area contributed by atoms with E-state index in [1.807, 2.05) is 12.1 Å². The summed E-state index contributed by atoms with van der Waals surface area (Å²) in [4.78, 5) is 4.26. The number of nitrogens with zero attached hydrogens (tertiary/aromatic N) is 2. The summed E-state index contributed by atoms with van der Waals surface area (Å²) in [5.74, 6) is 2.57. The number of hydrogen-bond donors (Lipinski definition) is 2. The lowest BCUT2D eigenvalue weighted by atomic mass is 10.1. The van der Waals surface area contributed by atoms with Crippen molar-refractivity contribution in [1.82, 2.24) is 15.8 Å². The van der Waals surface area contributed by atoms with Gasteiger partial charge in [-0.05, 0) is 43.5 Å². The molecule has 2 N–H and O–H groups in total. The second kappa shape index (κ2) is 9.85. The number of aryl methyl sites for hydroxylation is 4. The van der Waals surface area contributed by atoms with Crippen LogP contribution in [0.15, 0.2) is 27.7 Å². The van der Waals surface area contributed by atoms with E-state index in [4.69, 9.17) is 9.26 Å². The summed E-state index contributed by atoms with van der Waals surface area (Å²) in [5.41, 5.74) is 4.54. The Balaban J connectivity index is 1.80. The highest BCUT2D eigenvalue weighted by molar-refractivity contribution is 5.79. The zero-order valence-corrected chi connectivity index (χ0v) is 16.5. The Labute approximate surface area is 156 Å². The minimum Gasteiger partial charge on any atom is -0.492 e. The van der Waals surface area contributed by atoms with Gasteiger partial charge in [-0.1, -0.05) is 25.1 Å². The van der Waals surface area contributed by atoms with Crippen molar-refractivity contribution in [1.29, 1.82) is 0 Å². The van der Waals surface area contributed by atoms with E-state index in [2.05, 4.69) is 54.5 Å². The maximum absolute atomic E-state index is 5.82. The highest BCUT2D eigenvalue weighted by Gasteiger charge is 2.13. The number of nitrogens with one attached hydrogen (secondary N) is 2. The van der Waals surface area contributed by atoms with Crippen LogP contribution >= 0.6 is 0 Å². The van der Waals surface area contributed by atoms with Crippen molar-refractivity contribution in [3.63, 3.8) is 0 Å². The Hall–Kier alpha value is -2.50. The van der Waals surface area contributed by atoms with Crippen molar-refractivity contribution in [2.75, 3.05) is 20.2 Å². The van der Waals surface area contributed by atoms with Gasteiger partial charge in [-0.2, -0.15) is 0 Å². The van der Waals surface area contributed by atoms with Crippen molar-refractivity contribution in [2.24, 2.45) is 4.99 Å². The van der Waals surface area contributed by atoms with Crippen molar-refractivity contribution >= 4 is 5.96 Å². The number of guanidine groups is 1. The van der Waals surface area contributed by atoms with Crippen LogP contribution in [0.4, 0.5) is 0 Å². The number of aromatic nitrogens is 1. The van der Waals surface area contributed by atoms with E-state index >= 15 is 0 Å². The average Bonchev–Trinajstić information content (AvgIpc) is 3.02. The molecule has 0 saturated carbocycles. The van der Waals surface area contributed by atoms with Gasteiger partial charge < -0.3 is 19.9 Å². The Morgan fingerprint density at radius 3 is 2.46 bits per heavy atom. The van der Waals surface area contributed by atoms with Gasteiger partial charge in [-0.3, -0.25) is 4.99 Å². The molecule has 26 heavy (non-hydrogen) atoms. The lowest BCUT2D eigenvalue weighted by molar-refractivity contribution is 0.321. The fraction of sp³-hybridized carbons (Fsp3) is 0.500. The van der Waals surface area contributed by atoms with E-state index in [9.17, 15) is 0 Å². The Kier molecular flexibility index (Phi) is 7.51. The minimum atomic E-state index is 0.567. The predicted octanol–water partition coefficient (Wildman–Crippen LogP) is 3.16. The molecule has 0 amide bonds. The van der Waals surface area contributed by atoms with E-state index in [0.717, 1.165) is 41.6 Å². The number of benzene rings is 1. The molecule has 6 heteroatoms. The second-order valence-corrected chi connectivity index (χ2v) is 6.26. The molecule has 0 saturated heterocycles. The molecule has 0 atom stereocenters. The summed E-state index contributed by atoms with van der Waals surface area (Å²) in [6, 6.07) is 6.23. The van der Waals surface area contributed by atoms with Crippen LogP contribution in [0.5, 0.6) is 5.75 Å². The third-order valence-electron chi connectivity index (χ3n) is 4.12. The van der Waals surface area contributed by atoms with E-state index in [1.165, 1.54) is 11.1 Å². The van der Waals surface area contributed by atoms with E-state index in [0.29, 0.717) is 19.7 Å². The quantitative estimate of drug-likeness (QED) is 0.431. The SMILES string of the molecule is CCc1noc(CC)c1CNC(=NC)NCCOc1cc(C)cc(C)c1. The summed E-state index contributed by atoms with van der Waals surface area (Å²) < 4.78 is 11.2. The summed E-state index contributed by atoms with van der Waals surface area (Å²) in [6.45, 7) is 10.2. The molecule has 0 unspecified atom stereocenters. The van der Waals surface area contributed by atoms with Gasteiger partial charge in [0.1, 0.15) is 18.1 Å². The molecule has 1 heterocycles. The smallest absolute Gasteiger partial charge is 0.191 e. The number of rotatable bonds is 8. The fourth-order valence-corrected chi connectivity index (χ4v) is 2.89. The van der Waals surface area contributed by atoms with Gasteiger partial charge in [0.2, 0.25) is 0 Å². The topological polar surface area (TPSA) is 71.7 Å². The molecule has 6 nitrogen and oxygen atoms in total. The summed E-state index contributed by atoms with van der Waals surface area (Å²) in [6.07, 6.45) is 1.69. The third-order valence-corrected chi connectivity index (χ3v) is 4.12.